The largest absolute Gasteiger partial charge is 0.381 e. The maximum absolute atomic E-state index is 12.3. The van der Waals surface area contributed by atoms with E-state index in [1.165, 1.54) is 0 Å². The van der Waals surface area contributed by atoms with Gasteiger partial charge >= 0.3 is 0 Å². The van der Waals surface area contributed by atoms with Crippen LogP contribution in [0.5, 0.6) is 0 Å². The number of aliphatic imine (C=N–C) groups is 1. The van der Waals surface area contributed by atoms with E-state index in [4.69, 9.17) is 4.74 Å². The molecule has 2 fully saturated rings. The first-order chi connectivity index (χ1) is 12.5. The summed E-state index contributed by atoms with van der Waals surface area (Å²) in [6.45, 7) is 4.27. The van der Waals surface area contributed by atoms with E-state index in [1.807, 2.05) is 30.3 Å². The Kier molecular flexibility index (Phi) is 8.36. The highest BCUT2D eigenvalue weighted by Gasteiger charge is 2.42. The average Bonchev–Trinajstić information content (AvgIpc) is 3.26. The molecule has 2 heterocycles. The summed E-state index contributed by atoms with van der Waals surface area (Å²) in [7, 11) is -1.30. The topological polar surface area (TPSA) is 71.0 Å². The van der Waals surface area contributed by atoms with Crippen molar-refractivity contribution in [2.24, 2.45) is 10.4 Å². The lowest BCUT2D eigenvalue weighted by Gasteiger charge is -2.24. The van der Waals surface area contributed by atoms with Crippen molar-refractivity contribution in [3.05, 3.63) is 35.9 Å². The molecule has 1 aromatic carbocycles. The highest BCUT2D eigenvalue weighted by Crippen LogP contribution is 2.38. The minimum Gasteiger partial charge on any atom is -0.381 e. The van der Waals surface area contributed by atoms with E-state index in [9.17, 15) is 8.42 Å². The van der Waals surface area contributed by atoms with E-state index in [2.05, 4.69) is 15.2 Å². The van der Waals surface area contributed by atoms with Crippen LogP contribution < -0.4 is 5.32 Å². The van der Waals surface area contributed by atoms with Gasteiger partial charge in [-0.1, -0.05) is 30.3 Å². The van der Waals surface area contributed by atoms with E-state index >= 15 is 0 Å². The van der Waals surface area contributed by atoms with Crippen molar-refractivity contribution in [3.8, 4) is 0 Å². The molecule has 2 aliphatic heterocycles. The van der Waals surface area contributed by atoms with Crippen LogP contribution in [0.3, 0.4) is 0 Å². The molecule has 1 N–H and O–H groups in total. The highest BCUT2D eigenvalue weighted by molar-refractivity contribution is 14.0. The highest BCUT2D eigenvalue weighted by atomic mass is 127. The molecule has 2 aliphatic rings. The zero-order chi connectivity index (χ0) is 18.5. The fourth-order valence-corrected chi connectivity index (χ4v) is 5.24. The molecule has 0 radical (unpaired) electrons. The molecular weight excluding hydrogens is 477 g/mol. The van der Waals surface area contributed by atoms with Crippen molar-refractivity contribution < 1.29 is 13.2 Å². The predicted molar refractivity (Wildman–Crippen MR) is 119 cm³/mol. The number of nitrogens with zero attached hydrogens (tertiary/aromatic N) is 2. The van der Waals surface area contributed by atoms with Gasteiger partial charge in [0.2, 0.25) is 0 Å². The molecule has 1 aromatic rings. The molecule has 2 saturated heterocycles. The van der Waals surface area contributed by atoms with Gasteiger partial charge in [-0.15, -0.1) is 24.0 Å². The quantitative estimate of drug-likeness (QED) is 0.277. The van der Waals surface area contributed by atoms with Gasteiger partial charge < -0.3 is 15.0 Å². The normalized spacial score (nSPS) is 22.9. The van der Waals surface area contributed by atoms with Crippen LogP contribution >= 0.6 is 24.0 Å². The number of rotatable bonds is 6. The van der Waals surface area contributed by atoms with Crippen LogP contribution in [0.15, 0.2) is 35.3 Å². The molecule has 8 heteroatoms. The molecule has 0 bridgehead atoms. The minimum atomic E-state index is -3.09. The summed E-state index contributed by atoms with van der Waals surface area (Å²) in [4.78, 5) is 6.64. The predicted octanol–water partition coefficient (Wildman–Crippen LogP) is 2.30. The van der Waals surface area contributed by atoms with Gasteiger partial charge in [-0.2, -0.15) is 0 Å². The first-order valence-corrected chi connectivity index (χ1v) is 11.1. The van der Waals surface area contributed by atoms with Crippen LogP contribution in [0.25, 0.3) is 0 Å². The molecule has 0 amide bonds. The molecule has 1 atom stereocenters. The van der Waals surface area contributed by atoms with Crippen LogP contribution in [-0.2, 0) is 20.3 Å². The van der Waals surface area contributed by atoms with Crippen molar-refractivity contribution in [1.82, 2.24) is 10.2 Å². The SMILES string of the molecule is CN=C(NCCCS(=O)(=O)Cc1ccccc1)N1CCC2(CCOC2)C1.I. The molecule has 1 unspecified atom stereocenters. The molecule has 6 nitrogen and oxygen atoms in total. The zero-order valence-electron chi connectivity index (χ0n) is 15.9. The number of nitrogens with one attached hydrogen (secondary N) is 1. The van der Waals surface area contributed by atoms with Gasteiger partial charge in [-0.3, -0.25) is 4.99 Å². The molecule has 0 aliphatic carbocycles. The van der Waals surface area contributed by atoms with Crippen LogP contribution in [0, 0.1) is 5.41 Å². The van der Waals surface area contributed by atoms with Crippen LogP contribution in [0.2, 0.25) is 0 Å². The summed E-state index contributed by atoms with van der Waals surface area (Å²) in [5, 5.41) is 3.32. The lowest BCUT2D eigenvalue weighted by atomic mass is 9.87. The Morgan fingerprint density at radius 3 is 2.74 bits per heavy atom. The third-order valence-corrected chi connectivity index (χ3v) is 6.96. The summed E-state index contributed by atoms with van der Waals surface area (Å²) < 4.78 is 30.1. The smallest absolute Gasteiger partial charge is 0.193 e. The Bertz CT molecular complexity index is 719. The van der Waals surface area contributed by atoms with Crippen molar-refractivity contribution in [1.29, 1.82) is 0 Å². The van der Waals surface area contributed by atoms with Gasteiger partial charge in [-0.05, 0) is 24.8 Å². The first-order valence-electron chi connectivity index (χ1n) is 9.30. The Hall–Kier alpha value is -0.870. The molecular formula is C19H30IN3O3S. The Morgan fingerprint density at radius 1 is 1.30 bits per heavy atom. The van der Waals surface area contributed by atoms with Gasteiger partial charge in [0.1, 0.15) is 0 Å². The summed E-state index contributed by atoms with van der Waals surface area (Å²) in [5.74, 6) is 1.16. The van der Waals surface area contributed by atoms with Crippen molar-refractivity contribution in [3.63, 3.8) is 0 Å². The molecule has 1 spiro atoms. The van der Waals surface area contributed by atoms with E-state index in [-0.39, 0.29) is 40.9 Å². The summed E-state index contributed by atoms with van der Waals surface area (Å²) >= 11 is 0. The lowest BCUT2D eigenvalue weighted by Crippen LogP contribution is -2.42. The van der Waals surface area contributed by atoms with Crippen molar-refractivity contribution in [2.75, 3.05) is 45.6 Å². The Balaban J connectivity index is 0.00000261. The first kappa shape index (κ1) is 22.4. The Morgan fingerprint density at radius 2 is 2.07 bits per heavy atom. The molecule has 3 rings (SSSR count). The van der Waals surface area contributed by atoms with E-state index in [1.54, 1.807) is 7.05 Å². The maximum Gasteiger partial charge on any atom is 0.193 e. The average molecular weight is 507 g/mol. The van der Waals surface area contributed by atoms with Crippen LogP contribution in [0.4, 0.5) is 0 Å². The number of guanidine groups is 1. The number of sulfone groups is 1. The molecule has 152 valence electrons. The Labute approximate surface area is 179 Å². The third kappa shape index (κ3) is 6.32. The minimum absolute atomic E-state index is 0. The second-order valence-corrected chi connectivity index (χ2v) is 9.56. The van der Waals surface area contributed by atoms with Crippen LogP contribution in [-0.4, -0.2) is 64.9 Å². The fraction of sp³-hybridized carbons (Fsp3) is 0.632. The van der Waals surface area contributed by atoms with E-state index in [0.717, 1.165) is 50.7 Å². The summed E-state index contributed by atoms with van der Waals surface area (Å²) in [6, 6.07) is 9.34. The zero-order valence-corrected chi connectivity index (χ0v) is 19.0. The van der Waals surface area contributed by atoms with Gasteiger partial charge in [0, 0.05) is 38.7 Å². The number of hydrogen-bond acceptors (Lipinski definition) is 4. The monoisotopic (exact) mass is 507 g/mol. The number of hydrogen-bond donors (Lipinski definition) is 1. The number of halogens is 1. The van der Waals surface area contributed by atoms with Gasteiger partial charge in [0.05, 0.1) is 18.1 Å². The molecule has 0 saturated carbocycles. The van der Waals surface area contributed by atoms with Crippen molar-refractivity contribution in [2.45, 2.75) is 25.0 Å². The number of benzene rings is 1. The van der Waals surface area contributed by atoms with Gasteiger partial charge in [0.25, 0.3) is 0 Å². The lowest BCUT2D eigenvalue weighted by molar-refractivity contribution is 0.156. The van der Waals surface area contributed by atoms with E-state index in [0.29, 0.717) is 13.0 Å². The third-order valence-electron chi connectivity index (χ3n) is 5.28. The second kappa shape index (κ2) is 10.1. The van der Waals surface area contributed by atoms with Crippen LogP contribution in [0.1, 0.15) is 24.8 Å². The van der Waals surface area contributed by atoms with Crippen molar-refractivity contribution >= 4 is 39.8 Å². The second-order valence-electron chi connectivity index (χ2n) is 7.38. The number of likely N-dealkylation sites (tertiary alicyclic amines) is 1. The summed E-state index contributed by atoms with van der Waals surface area (Å²) in [5.41, 5.74) is 1.13. The summed E-state index contributed by atoms with van der Waals surface area (Å²) in [6.07, 6.45) is 2.84. The maximum atomic E-state index is 12.3. The number of ether oxygens (including phenoxy) is 1. The van der Waals surface area contributed by atoms with Gasteiger partial charge in [0.15, 0.2) is 15.8 Å². The molecule has 0 aromatic heterocycles. The van der Waals surface area contributed by atoms with Gasteiger partial charge in [-0.25, -0.2) is 8.42 Å². The molecule has 27 heavy (non-hydrogen) atoms. The van der Waals surface area contributed by atoms with E-state index < -0.39 is 9.84 Å². The standard InChI is InChI=1S/C19H29N3O3S.HI/c1-20-18(22-11-8-19(15-22)9-12-25-16-19)21-10-5-13-26(23,24)14-17-6-3-2-4-7-17;/h2-4,6-7H,5,8-16H2,1H3,(H,20,21);1H. The fourth-order valence-electron chi connectivity index (χ4n) is 3.81.